The zero-order valence-electron chi connectivity index (χ0n) is 28.7. The van der Waals surface area contributed by atoms with Crippen LogP contribution in [0.3, 0.4) is 0 Å². The highest BCUT2D eigenvalue weighted by molar-refractivity contribution is 6.01. The summed E-state index contributed by atoms with van der Waals surface area (Å²) in [5, 5.41) is 2.51. The fourth-order valence-electron chi connectivity index (χ4n) is 3.91. The first-order chi connectivity index (χ1) is 22.6. The van der Waals surface area contributed by atoms with Crippen molar-refractivity contribution in [2.24, 2.45) is 10.7 Å². The first-order valence-electron chi connectivity index (χ1n) is 17.3. The molecule has 3 N–H and O–H groups in total. The predicted octanol–water partition coefficient (Wildman–Crippen LogP) is 10.8. The van der Waals surface area contributed by atoms with E-state index in [1.54, 1.807) is 0 Å². The molecule has 0 saturated carbocycles. The molecular formula is C41H61N3O2. The van der Waals surface area contributed by atoms with E-state index in [0.29, 0.717) is 25.7 Å². The van der Waals surface area contributed by atoms with Crippen molar-refractivity contribution < 1.29 is 9.59 Å². The second kappa shape index (κ2) is 35.5. The van der Waals surface area contributed by atoms with Gasteiger partial charge in [0.25, 0.3) is 0 Å². The van der Waals surface area contributed by atoms with Crippen LogP contribution >= 0.6 is 0 Å². The van der Waals surface area contributed by atoms with Gasteiger partial charge in [0.15, 0.2) is 0 Å². The summed E-state index contributed by atoms with van der Waals surface area (Å²) in [6.07, 6.45) is 56.7. The van der Waals surface area contributed by atoms with Gasteiger partial charge >= 0.3 is 0 Å². The number of hydrogen-bond donors (Lipinski definition) is 2. The highest BCUT2D eigenvalue weighted by atomic mass is 16.2. The molecule has 0 spiro atoms. The van der Waals surface area contributed by atoms with E-state index in [-0.39, 0.29) is 17.8 Å². The Labute approximate surface area is 281 Å². The lowest BCUT2D eigenvalue weighted by Crippen LogP contribution is -2.37. The molecular weight excluding hydrogens is 566 g/mol. The molecule has 0 aromatic heterocycles. The normalized spacial score (nSPS) is 13.5. The van der Waals surface area contributed by atoms with Crippen LogP contribution in [0.2, 0.25) is 0 Å². The summed E-state index contributed by atoms with van der Waals surface area (Å²) in [5.41, 5.74) is 5.74. The maximum absolute atomic E-state index is 12.1. The topological polar surface area (TPSA) is 84.6 Å². The number of nitrogens with two attached hydrogens (primary N) is 1. The SMILES string of the molecule is CC/C=C\C/C=C\C/C=C\C/C=C\C/C=C\CCCC(=O)N=C(N)NC(=O)CCC/C=C\C/C=C\C/C=C\C/C=C\C/C=C\CC. The third-order valence-corrected chi connectivity index (χ3v) is 6.36. The number of carbonyl (C=O) groups excluding carboxylic acids is 2. The number of rotatable bonds is 26. The monoisotopic (exact) mass is 627 g/mol. The lowest BCUT2D eigenvalue weighted by Gasteiger charge is -2.03. The number of guanidine groups is 1. The van der Waals surface area contributed by atoms with E-state index in [1.165, 1.54) is 0 Å². The minimum atomic E-state index is -0.316. The quantitative estimate of drug-likeness (QED) is 0.0433. The smallest absolute Gasteiger partial charge is 0.248 e. The van der Waals surface area contributed by atoms with E-state index in [9.17, 15) is 9.59 Å². The van der Waals surface area contributed by atoms with Crippen molar-refractivity contribution in [2.75, 3.05) is 0 Å². The number of aliphatic imine (C=N–C) groups is 1. The second-order valence-electron chi connectivity index (χ2n) is 10.6. The first-order valence-corrected chi connectivity index (χ1v) is 17.3. The van der Waals surface area contributed by atoms with Crippen LogP contribution in [0.1, 0.15) is 117 Å². The zero-order chi connectivity index (χ0) is 33.6. The van der Waals surface area contributed by atoms with E-state index in [4.69, 9.17) is 5.73 Å². The molecule has 0 radical (unpaired) electrons. The van der Waals surface area contributed by atoms with Gasteiger partial charge in [-0.05, 0) is 89.9 Å². The molecule has 252 valence electrons. The van der Waals surface area contributed by atoms with Gasteiger partial charge in [0, 0.05) is 12.8 Å². The van der Waals surface area contributed by atoms with Crippen LogP contribution in [-0.4, -0.2) is 17.8 Å². The van der Waals surface area contributed by atoms with Gasteiger partial charge in [-0.25, -0.2) is 0 Å². The standard InChI is InChI=1S/C41H61N3O2/c1-3-5-7-9-11-13-15-17-19-21-23-25-27-29-31-33-35-37-39(45)43-41(42)44-40(46)38-36-34-32-30-28-26-24-22-20-18-16-14-12-10-8-6-4-2/h5-8,11-14,17-20,23-26,29-32H,3-4,9-10,15-16,21-22,27-28,33-38H2,1-2H3,(H3,42,43,44,45,46)/b7-5-,8-6-,13-11-,14-12-,19-17-,20-18-,25-23-,26-24-,31-29-,32-30-. The lowest BCUT2D eigenvalue weighted by molar-refractivity contribution is -0.119. The average molecular weight is 628 g/mol. The van der Waals surface area contributed by atoms with Crippen LogP contribution in [-0.2, 0) is 9.59 Å². The van der Waals surface area contributed by atoms with Crippen molar-refractivity contribution in [2.45, 2.75) is 117 Å². The zero-order valence-corrected chi connectivity index (χ0v) is 28.7. The summed E-state index contributed by atoms with van der Waals surface area (Å²) in [6.45, 7) is 4.29. The van der Waals surface area contributed by atoms with Crippen LogP contribution in [0.4, 0.5) is 0 Å². The summed E-state index contributed by atoms with van der Waals surface area (Å²) in [4.78, 5) is 27.9. The maximum atomic E-state index is 12.1. The fourth-order valence-corrected chi connectivity index (χ4v) is 3.91. The van der Waals surface area contributed by atoms with E-state index in [0.717, 1.165) is 77.0 Å². The van der Waals surface area contributed by atoms with Gasteiger partial charge < -0.3 is 5.73 Å². The summed E-state index contributed by atoms with van der Waals surface area (Å²) >= 11 is 0. The number of allylic oxidation sites excluding steroid dienone is 20. The van der Waals surface area contributed by atoms with E-state index < -0.39 is 0 Å². The van der Waals surface area contributed by atoms with Crippen LogP contribution < -0.4 is 11.1 Å². The number of unbranched alkanes of at least 4 members (excludes halogenated alkanes) is 2. The first kappa shape index (κ1) is 42.0. The summed E-state index contributed by atoms with van der Waals surface area (Å²) < 4.78 is 0. The molecule has 0 rings (SSSR count). The Balaban J connectivity index is 3.84. The van der Waals surface area contributed by atoms with Gasteiger partial charge in [0.1, 0.15) is 0 Å². The van der Waals surface area contributed by atoms with Crippen molar-refractivity contribution in [3.8, 4) is 0 Å². The predicted molar refractivity (Wildman–Crippen MR) is 201 cm³/mol. The van der Waals surface area contributed by atoms with E-state index in [2.05, 4.69) is 146 Å². The van der Waals surface area contributed by atoms with Crippen molar-refractivity contribution >= 4 is 17.8 Å². The van der Waals surface area contributed by atoms with Gasteiger partial charge in [-0.2, -0.15) is 4.99 Å². The highest BCUT2D eigenvalue weighted by Gasteiger charge is 2.05. The average Bonchev–Trinajstić information content (AvgIpc) is 3.03. The molecule has 0 saturated heterocycles. The van der Waals surface area contributed by atoms with Crippen molar-refractivity contribution in [3.05, 3.63) is 122 Å². The Kier molecular flexibility index (Phi) is 32.4. The number of nitrogens with zero attached hydrogens (tertiary/aromatic N) is 1. The van der Waals surface area contributed by atoms with Gasteiger partial charge in [-0.1, -0.05) is 135 Å². The largest absolute Gasteiger partial charge is 0.369 e. The second-order valence-corrected chi connectivity index (χ2v) is 10.6. The molecule has 46 heavy (non-hydrogen) atoms. The summed E-state index contributed by atoms with van der Waals surface area (Å²) in [7, 11) is 0. The van der Waals surface area contributed by atoms with Crippen LogP contribution in [0.25, 0.3) is 0 Å². The Bertz CT molecular complexity index is 1090. The van der Waals surface area contributed by atoms with Crippen molar-refractivity contribution in [1.82, 2.24) is 5.32 Å². The number of hydrogen-bond acceptors (Lipinski definition) is 2. The molecule has 0 heterocycles. The summed E-state index contributed by atoms with van der Waals surface area (Å²) in [6, 6.07) is 0. The molecule has 0 aliphatic carbocycles. The van der Waals surface area contributed by atoms with E-state index >= 15 is 0 Å². The number of amides is 2. The number of nitrogens with one attached hydrogen (secondary N) is 1. The van der Waals surface area contributed by atoms with Gasteiger partial charge in [-0.3, -0.25) is 14.9 Å². The minimum Gasteiger partial charge on any atom is -0.369 e. The third-order valence-electron chi connectivity index (χ3n) is 6.36. The molecule has 5 heteroatoms. The molecule has 0 fully saturated rings. The molecule has 0 unspecified atom stereocenters. The van der Waals surface area contributed by atoms with E-state index in [1.807, 2.05) is 0 Å². The lowest BCUT2D eigenvalue weighted by atomic mass is 10.2. The molecule has 0 aromatic carbocycles. The van der Waals surface area contributed by atoms with Crippen molar-refractivity contribution in [3.63, 3.8) is 0 Å². The van der Waals surface area contributed by atoms with Gasteiger partial charge in [0.05, 0.1) is 0 Å². The molecule has 0 atom stereocenters. The fraction of sp³-hybridized carbons (Fsp3) is 0.439. The Morgan fingerprint density at radius 2 is 0.783 bits per heavy atom. The molecule has 0 aromatic rings. The van der Waals surface area contributed by atoms with Gasteiger partial charge in [-0.15, -0.1) is 0 Å². The molecule has 5 nitrogen and oxygen atoms in total. The molecule has 0 bridgehead atoms. The van der Waals surface area contributed by atoms with Crippen molar-refractivity contribution in [1.29, 1.82) is 0 Å². The molecule has 0 aliphatic rings. The molecule has 2 amide bonds. The van der Waals surface area contributed by atoms with Gasteiger partial charge in [0.2, 0.25) is 17.8 Å². The van der Waals surface area contributed by atoms with Crippen LogP contribution in [0.5, 0.6) is 0 Å². The highest BCUT2D eigenvalue weighted by Crippen LogP contribution is 2.02. The minimum absolute atomic E-state index is 0.125. The third kappa shape index (κ3) is 34.5. The summed E-state index contributed by atoms with van der Waals surface area (Å²) in [5.74, 6) is -0.663. The Morgan fingerprint density at radius 1 is 0.478 bits per heavy atom. The van der Waals surface area contributed by atoms with Crippen LogP contribution in [0, 0.1) is 0 Å². The molecule has 0 aliphatic heterocycles. The Hall–Kier alpha value is -3.99. The van der Waals surface area contributed by atoms with Crippen LogP contribution in [0.15, 0.2) is 127 Å². The maximum Gasteiger partial charge on any atom is 0.248 e. The number of carbonyl (C=O) groups is 2. The Morgan fingerprint density at radius 3 is 1.13 bits per heavy atom.